The zero-order chi connectivity index (χ0) is 11.9. The minimum Gasteiger partial charge on any atom is -0.387 e. The molecule has 88 valence electrons. The number of hydrogen-bond donors (Lipinski definition) is 3. The maximum Gasteiger partial charge on any atom is 0.329 e. The van der Waals surface area contributed by atoms with E-state index in [1.807, 2.05) is 0 Å². The summed E-state index contributed by atoms with van der Waals surface area (Å²) < 4.78 is 1.22. The van der Waals surface area contributed by atoms with Gasteiger partial charge in [0.15, 0.2) is 0 Å². The highest BCUT2D eigenvalue weighted by Gasteiger charge is 2.44. The summed E-state index contributed by atoms with van der Waals surface area (Å²) in [4.78, 5) is 24.5. The molecule has 0 bridgehead atoms. The van der Waals surface area contributed by atoms with Crippen LogP contribution in [0.25, 0.3) is 0 Å². The number of thioether (sulfide) groups is 1. The van der Waals surface area contributed by atoms with Crippen LogP contribution in [0.3, 0.4) is 0 Å². The van der Waals surface area contributed by atoms with Gasteiger partial charge in [-0.3, -0.25) is 14.3 Å². The Bertz CT molecular complexity index is 507. The van der Waals surface area contributed by atoms with Gasteiger partial charge in [-0.25, -0.2) is 4.79 Å². The molecule has 7 heteroatoms. The lowest BCUT2D eigenvalue weighted by atomic mass is 10.0. The van der Waals surface area contributed by atoms with E-state index in [4.69, 9.17) is 0 Å². The molecule has 0 spiro atoms. The van der Waals surface area contributed by atoms with Gasteiger partial charge in [-0.2, -0.15) is 0 Å². The van der Waals surface area contributed by atoms with Gasteiger partial charge in [-0.15, -0.1) is 11.8 Å². The standard InChI is InChI=1S/C9H12N2O4S/c1-9(15)4-16-7(6(9)13)11-3-2-5(12)10-8(11)14/h2-3,6-7,13,15H,4H2,1H3,(H,10,12,14)/t6-,7+,9+/m1/s1. The lowest BCUT2D eigenvalue weighted by Crippen LogP contribution is -2.42. The van der Waals surface area contributed by atoms with Crippen LogP contribution in [-0.2, 0) is 0 Å². The van der Waals surface area contributed by atoms with Crippen molar-refractivity contribution in [3.8, 4) is 0 Å². The molecule has 2 heterocycles. The number of aliphatic hydroxyl groups is 2. The van der Waals surface area contributed by atoms with Crippen LogP contribution in [0.5, 0.6) is 0 Å². The molecule has 0 amide bonds. The SMILES string of the molecule is C[C@]1(O)CS[C@H](n2ccc(=O)[nH]c2=O)[C@H]1O. The van der Waals surface area contributed by atoms with Gasteiger partial charge >= 0.3 is 5.69 Å². The Morgan fingerprint density at radius 1 is 1.62 bits per heavy atom. The van der Waals surface area contributed by atoms with Crippen molar-refractivity contribution < 1.29 is 10.2 Å². The molecule has 1 aromatic heterocycles. The molecule has 3 N–H and O–H groups in total. The molecule has 2 rings (SSSR count). The Kier molecular flexibility index (Phi) is 2.69. The monoisotopic (exact) mass is 244 g/mol. The van der Waals surface area contributed by atoms with Gasteiger partial charge in [0, 0.05) is 18.0 Å². The third-order valence-electron chi connectivity index (χ3n) is 2.58. The van der Waals surface area contributed by atoms with Crippen LogP contribution in [0, 0.1) is 0 Å². The van der Waals surface area contributed by atoms with Crippen molar-refractivity contribution in [2.75, 3.05) is 5.75 Å². The van der Waals surface area contributed by atoms with Crippen LogP contribution >= 0.6 is 11.8 Å². The van der Waals surface area contributed by atoms with Crippen molar-refractivity contribution in [1.82, 2.24) is 9.55 Å². The molecule has 0 aromatic carbocycles. The largest absolute Gasteiger partial charge is 0.387 e. The highest BCUT2D eigenvalue weighted by atomic mass is 32.2. The topological polar surface area (TPSA) is 95.3 Å². The maximum atomic E-state index is 11.5. The Morgan fingerprint density at radius 3 is 2.81 bits per heavy atom. The predicted molar refractivity (Wildman–Crippen MR) is 59.4 cm³/mol. The average Bonchev–Trinajstić information content (AvgIpc) is 2.44. The second kappa shape index (κ2) is 3.76. The fourth-order valence-electron chi connectivity index (χ4n) is 1.60. The van der Waals surface area contributed by atoms with Crippen LogP contribution in [0.1, 0.15) is 12.3 Å². The molecule has 1 saturated heterocycles. The molecule has 16 heavy (non-hydrogen) atoms. The number of aromatic nitrogens is 2. The van der Waals surface area contributed by atoms with E-state index in [1.165, 1.54) is 35.5 Å². The van der Waals surface area contributed by atoms with Crippen molar-refractivity contribution >= 4 is 11.8 Å². The Morgan fingerprint density at radius 2 is 2.31 bits per heavy atom. The summed E-state index contributed by atoms with van der Waals surface area (Å²) in [5, 5.41) is 19.1. The lowest BCUT2D eigenvalue weighted by Gasteiger charge is -2.23. The Balaban J connectivity index is 2.40. The van der Waals surface area contributed by atoms with Crippen LogP contribution in [0.2, 0.25) is 0 Å². The Labute approximate surface area is 94.9 Å². The minimum atomic E-state index is -1.22. The number of aromatic amines is 1. The molecular weight excluding hydrogens is 232 g/mol. The zero-order valence-corrected chi connectivity index (χ0v) is 9.40. The van der Waals surface area contributed by atoms with Crippen LogP contribution in [-0.4, -0.2) is 37.2 Å². The number of aliphatic hydroxyl groups excluding tert-OH is 1. The smallest absolute Gasteiger partial charge is 0.329 e. The third kappa shape index (κ3) is 1.81. The van der Waals surface area contributed by atoms with Crippen LogP contribution in [0.15, 0.2) is 21.9 Å². The van der Waals surface area contributed by atoms with E-state index in [-0.39, 0.29) is 0 Å². The molecule has 3 atom stereocenters. The second-order valence-corrected chi connectivity index (χ2v) is 5.13. The van der Waals surface area contributed by atoms with Crippen molar-refractivity contribution in [3.05, 3.63) is 33.1 Å². The number of H-pyrrole nitrogens is 1. The van der Waals surface area contributed by atoms with Crippen molar-refractivity contribution in [2.24, 2.45) is 0 Å². The fraction of sp³-hybridized carbons (Fsp3) is 0.556. The van der Waals surface area contributed by atoms with Gasteiger partial charge in [0.05, 0.1) is 5.60 Å². The first-order valence-corrected chi connectivity index (χ1v) is 5.80. The summed E-state index contributed by atoms with van der Waals surface area (Å²) in [6.45, 7) is 1.52. The Hall–Kier alpha value is -1.05. The van der Waals surface area contributed by atoms with Crippen LogP contribution < -0.4 is 11.2 Å². The summed E-state index contributed by atoms with van der Waals surface area (Å²) in [5.74, 6) is 0.338. The molecular formula is C9H12N2O4S. The molecule has 1 aliphatic rings. The van der Waals surface area contributed by atoms with Crippen molar-refractivity contribution in [3.63, 3.8) is 0 Å². The average molecular weight is 244 g/mol. The molecule has 0 saturated carbocycles. The van der Waals surface area contributed by atoms with E-state index in [0.717, 1.165) is 0 Å². The van der Waals surface area contributed by atoms with E-state index in [0.29, 0.717) is 5.75 Å². The predicted octanol–water partition coefficient (Wildman–Crippen LogP) is -1.11. The highest BCUT2D eigenvalue weighted by Crippen LogP contribution is 2.40. The normalized spacial score (nSPS) is 34.2. The van der Waals surface area contributed by atoms with Gasteiger partial charge in [0.2, 0.25) is 0 Å². The summed E-state index contributed by atoms with van der Waals surface area (Å²) in [5.41, 5.74) is -2.28. The van der Waals surface area contributed by atoms with Crippen molar-refractivity contribution in [1.29, 1.82) is 0 Å². The summed E-state index contributed by atoms with van der Waals surface area (Å²) in [6, 6.07) is 1.21. The highest BCUT2D eigenvalue weighted by molar-refractivity contribution is 7.99. The zero-order valence-electron chi connectivity index (χ0n) is 8.58. The van der Waals surface area contributed by atoms with E-state index in [2.05, 4.69) is 4.98 Å². The van der Waals surface area contributed by atoms with E-state index in [9.17, 15) is 19.8 Å². The van der Waals surface area contributed by atoms with Gasteiger partial charge < -0.3 is 10.2 Å². The molecule has 1 aliphatic heterocycles. The summed E-state index contributed by atoms with van der Waals surface area (Å²) >= 11 is 1.27. The molecule has 1 fully saturated rings. The number of rotatable bonds is 1. The molecule has 1 aromatic rings. The molecule has 0 unspecified atom stereocenters. The summed E-state index contributed by atoms with van der Waals surface area (Å²) in [7, 11) is 0. The van der Waals surface area contributed by atoms with E-state index < -0.39 is 28.3 Å². The van der Waals surface area contributed by atoms with E-state index >= 15 is 0 Å². The van der Waals surface area contributed by atoms with E-state index in [1.54, 1.807) is 0 Å². The maximum absolute atomic E-state index is 11.5. The first-order valence-electron chi connectivity index (χ1n) is 4.75. The third-order valence-corrected chi connectivity index (χ3v) is 4.16. The molecule has 0 aliphatic carbocycles. The fourth-order valence-corrected chi connectivity index (χ4v) is 3.08. The van der Waals surface area contributed by atoms with Gasteiger partial charge in [-0.1, -0.05) is 0 Å². The van der Waals surface area contributed by atoms with Gasteiger partial charge in [-0.05, 0) is 6.92 Å². The number of hydrogen-bond acceptors (Lipinski definition) is 5. The molecule has 6 nitrogen and oxygen atoms in total. The second-order valence-electron chi connectivity index (χ2n) is 4.02. The number of nitrogens with zero attached hydrogens (tertiary/aromatic N) is 1. The lowest BCUT2D eigenvalue weighted by molar-refractivity contribution is -0.0445. The minimum absolute atomic E-state index is 0.338. The molecule has 0 radical (unpaired) electrons. The summed E-state index contributed by atoms with van der Waals surface area (Å²) in [6.07, 6.45) is 0.282. The quantitative estimate of drug-likeness (QED) is 0.582. The van der Waals surface area contributed by atoms with Crippen molar-refractivity contribution in [2.45, 2.75) is 24.0 Å². The van der Waals surface area contributed by atoms with Gasteiger partial charge in [0.25, 0.3) is 5.56 Å². The number of nitrogens with one attached hydrogen (secondary N) is 1. The van der Waals surface area contributed by atoms with Gasteiger partial charge in [0.1, 0.15) is 11.5 Å². The first-order chi connectivity index (χ1) is 7.42. The van der Waals surface area contributed by atoms with Crippen LogP contribution in [0.4, 0.5) is 0 Å². The first kappa shape index (κ1) is 11.4.